The van der Waals surface area contributed by atoms with Gasteiger partial charge in [0.05, 0.1) is 18.7 Å². The second-order valence-corrected chi connectivity index (χ2v) is 7.32. The third-order valence-corrected chi connectivity index (χ3v) is 5.52. The van der Waals surface area contributed by atoms with Crippen LogP contribution in [0.1, 0.15) is 23.1 Å². The Kier molecular flexibility index (Phi) is 5.42. The number of carbonyl (C=O) groups is 2. The van der Waals surface area contributed by atoms with E-state index in [1.807, 2.05) is 45.0 Å². The molecule has 1 N–H and O–H groups in total. The van der Waals surface area contributed by atoms with Crippen molar-refractivity contribution in [3.63, 3.8) is 0 Å². The average molecular weight is 387 g/mol. The lowest BCUT2D eigenvalue weighted by atomic mass is 10.1. The monoisotopic (exact) mass is 386 g/mol. The zero-order valence-electron chi connectivity index (χ0n) is 15.9. The summed E-state index contributed by atoms with van der Waals surface area (Å²) in [5.41, 5.74) is 4.42. The van der Waals surface area contributed by atoms with Crippen molar-refractivity contribution >= 4 is 34.8 Å². The highest BCUT2D eigenvalue weighted by molar-refractivity contribution is 6.31. The van der Waals surface area contributed by atoms with Crippen molar-refractivity contribution in [1.29, 1.82) is 0 Å². The van der Waals surface area contributed by atoms with E-state index in [1.165, 1.54) is 7.11 Å². The van der Waals surface area contributed by atoms with E-state index in [0.717, 1.165) is 22.4 Å². The quantitative estimate of drug-likeness (QED) is 0.853. The van der Waals surface area contributed by atoms with Crippen LogP contribution in [0, 0.1) is 26.7 Å². The van der Waals surface area contributed by atoms with E-state index >= 15 is 0 Å². The number of nitrogens with one attached hydrogen (secondary N) is 1. The van der Waals surface area contributed by atoms with Crippen LogP contribution in [0.2, 0.25) is 5.02 Å². The number of aryl methyl sites for hydroxylation is 2. The molecule has 0 aromatic heterocycles. The van der Waals surface area contributed by atoms with Crippen LogP contribution in [-0.4, -0.2) is 25.5 Å². The molecule has 1 heterocycles. The number of nitrogens with zero attached hydrogens (tertiary/aromatic N) is 1. The zero-order chi connectivity index (χ0) is 19.7. The molecule has 1 saturated heterocycles. The summed E-state index contributed by atoms with van der Waals surface area (Å²) >= 11 is 6.16. The van der Waals surface area contributed by atoms with Crippen LogP contribution >= 0.6 is 11.6 Å². The van der Waals surface area contributed by atoms with Gasteiger partial charge in [-0.05, 0) is 49.6 Å². The Balaban J connectivity index is 1.80. The van der Waals surface area contributed by atoms with Gasteiger partial charge < -0.3 is 15.0 Å². The third-order valence-electron chi connectivity index (χ3n) is 5.11. The molecule has 0 bridgehead atoms. The SMILES string of the molecule is COc1cc(Cl)c(C)cc1N1CC(C(=O)Nc2cccc(C)c2C)CC1=O. The van der Waals surface area contributed by atoms with Gasteiger partial charge in [-0.1, -0.05) is 23.7 Å². The predicted octanol–water partition coefficient (Wildman–Crippen LogP) is 4.27. The van der Waals surface area contributed by atoms with Crippen molar-refractivity contribution in [1.82, 2.24) is 0 Å². The van der Waals surface area contributed by atoms with Crippen LogP contribution in [0.15, 0.2) is 30.3 Å². The van der Waals surface area contributed by atoms with E-state index in [0.29, 0.717) is 23.0 Å². The number of halogens is 1. The minimum absolute atomic E-state index is 0.101. The molecule has 2 aromatic rings. The maximum Gasteiger partial charge on any atom is 0.229 e. The number of ether oxygens (including phenoxy) is 1. The molecule has 6 heteroatoms. The van der Waals surface area contributed by atoms with Crippen molar-refractivity contribution in [2.75, 3.05) is 23.9 Å². The Bertz CT molecular complexity index is 911. The first-order chi connectivity index (χ1) is 12.8. The van der Waals surface area contributed by atoms with Gasteiger partial charge in [-0.3, -0.25) is 9.59 Å². The maximum absolute atomic E-state index is 12.7. The molecule has 1 aliphatic rings. The molecule has 0 radical (unpaired) electrons. The smallest absolute Gasteiger partial charge is 0.229 e. The van der Waals surface area contributed by atoms with Gasteiger partial charge in [-0.15, -0.1) is 0 Å². The molecule has 2 amide bonds. The lowest BCUT2D eigenvalue weighted by Crippen LogP contribution is -2.28. The fourth-order valence-corrected chi connectivity index (χ4v) is 3.41. The van der Waals surface area contributed by atoms with Crippen molar-refractivity contribution in [2.24, 2.45) is 5.92 Å². The number of benzene rings is 2. The summed E-state index contributed by atoms with van der Waals surface area (Å²) in [4.78, 5) is 26.9. The zero-order valence-corrected chi connectivity index (χ0v) is 16.7. The van der Waals surface area contributed by atoms with E-state index in [2.05, 4.69) is 5.32 Å². The van der Waals surface area contributed by atoms with Gasteiger partial charge in [0.2, 0.25) is 11.8 Å². The molecular formula is C21H23ClN2O3. The number of anilines is 2. The summed E-state index contributed by atoms with van der Waals surface area (Å²) in [6.45, 7) is 6.16. The van der Waals surface area contributed by atoms with Gasteiger partial charge in [-0.2, -0.15) is 0 Å². The maximum atomic E-state index is 12.7. The van der Waals surface area contributed by atoms with Crippen LogP contribution < -0.4 is 15.0 Å². The van der Waals surface area contributed by atoms with E-state index in [4.69, 9.17) is 16.3 Å². The molecule has 27 heavy (non-hydrogen) atoms. The Hall–Kier alpha value is -2.53. The van der Waals surface area contributed by atoms with Gasteiger partial charge in [-0.25, -0.2) is 0 Å². The summed E-state index contributed by atoms with van der Waals surface area (Å²) in [6, 6.07) is 9.31. The largest absolute Gasteiger partial charge is 0.495 e. The van der Waals surface area contributed by atoms with Gasteiger partial charge in [0, 0.05) is 29.7 Å². The lowest BCUT2D eigenvalue weighted by molar-refractivity contribution is -0.122. The molecule has 2 aromatic carbocycles. The molecule has 0 saturated carbocycles. The Morgan fingerprint density at radius 2 is 1.96 bits per heavy atom. The van der Waals surface area contributed by atoms with Crippen LogP contribution in [0.4, 0.5) is 11.4 Å². The van der Waals surface area contributed by atoms with Gasteiger partial charge in [0.1, 0.15) is 5.75 Å². The van der Waals surface area contributed by atoms with E-state index < -0.39 is 5.92 Å². The molecule has 1 atom stereocenters. The topological polar surface area (TPSA) is 58.6 Å². The Morgan fingerprint density at radius 1 is 1.22 bits per heavy atom. The minimum atomic E-state index is -0.418. The highest BCUT2D eigenvalue weighted by Gasteiger charge is 2.36. The van der Waals surface area contributed by atoms with Crippen LogP contribution in [0.5, 0.6) is 5.75 Å². The normalized spacial score (nSPS) is 16.6. The standard InChI is InChI=1S/C21H23ClN2O3/c1-12-6-5-7-17(14(12)3)23-21(26)15-9-20(25)24(11-15)18-8-13(2)16(22)10-19(18)27-4/h5-8,10,15H,9,11H2,1-4H3,(H,23,26). The van der Waals surface area contributed by atoms with Crippen LogP contribution in [0.3, 0.4) is 0 Å². The summed E-state index contributed by atoms with van der Waals surface area (Å²) in [7, 11) is 1.54. The number of hydrogen-bond donors (Lipinski definition) is 1. The lowest BCUT2D eigenvalue weighted by Gasteiger charge is -2.21. The molecule has 1 fully saturated rings. The number of carbonyl (C=O) groups excluding carboxylic acids is 2. The second-order valence-electron chi connectivity index (χ2n) is 6.92. The van der Waals surface area contributed by atoms with Crippen LogP contribution in [0.25, 0.3) is 0 Å². The Morgan fingerprint density at radius 3 is 2.67 bits per heavy atom. The first-order valence-electron chi connectivity index (χ1n) is 8.83. The molecule has 0 spiro atoms. The summed E-state index contributed by atoms with van der Waals surface area (Å²) in [5, 5.41) is 3.54. The molecule has 142 valence electrons. The van der Waals surface area contributed by atoms with E-state index in [-0.39, 0.29) is 18.2 Å². The van der Waals surface area contributed by atoms with Crippen molar-refractivity contribution in [3.05, 3.63) is 52.0 Å². The molecular weight excluding hydrogens is 364 g/mol. The molecule has 1 aliphatic heterocycles. The predicted molar refractivity (Wildman–Crippen MR) is 108 cm³/mol. The highest BCUT2D eigenvalue weighted by Crippen LogP contribution is 2.37. The molecule has 1 unspecified atom stereocenters. The first kappa shape index (κ1) is 19.2. The van der Waals surface area contributed by atoms with Crippen molar-refractivity contribution in [3.8, 4) is 5.75 Å². The van der Waals surface area contributed by atoms with Crippen molar-refractivity contribution in [2.45, 2.75) is 27.2 Å². The number of rotatable bonds is 4. The first-order valence-corrected chi connectivity index (χ1v) is 9.21. The molecule has 3 rings (SSSR count). The highest BCUT2D eigenvalue weighted by atomic mass is 35.5. The molecule has 0 aliphatic carbocycles. The Labute approximate surface area is 164 Å². The minimum Gasteiger partial charge on any atom is -0.495 e. The van der Waals surface area contributed by atoms with E-state index in [9.17, 15) is 9.59 Å². The number of methoxy groups -OCH3 is 1. The summed E-state index contributed by atoms with van der Waals surface area (Å²) < 4.78 is 5.38. The van der Waals surface area contributed by atoms with Crippen LogP contribution in [-0.2, 0) is 9.59 Å². The fraction of sp³-hybridized carbons (Fsp3) is 0.333. The third kappa shape index (κ3) is 3.78. The summed E-state index contributed by atoms with van der Waals surface area (Å²) in [5.74, 6) is -0.145. The molecule has 5 nitrogen and oxygen atoms in total. The van der Waals surface area contributed by atoms with Gasteiger partial charge >= 0.3 is 0 Å². The average Bonchev–Trinajstić information content (AvgIpc) is 3.02. The van der Waals surface area contributed by atoms with E-state index in [1.54, 1.807) is 11.0 Å². The van der Waals surface area contributed by atoms with Gasteiger partial charge in [0.25, 0.3) is 0 Å². The van der Waals surface area contributed by atoms with Gasteiger partial charge in [0.15, 0.2) is 0 Å². The number of amides is 2. The number of hydrogen-bond acceptors (Lipinski definition) is 3. The van der Waals surface area contributed by atoms with Crippen molar-refractivity contribution < 1.29 is 14.3 Å². The second kappa shape index (κ2) is 7.61. The fourth-order valence-electron chi connectivity index (χ4n) is 3.26. The summed E-state index contributed by atoms with van der Waals surface area (Å²) in [6.07, 6.45) is 0.168.